The van der Waals surface area contributed by atoms with Crippen LogP contribution in [0.4, 0.5) is 5.82 Å². The average molecular weight is 468 g/mol. The minimum Gasteiger partial charge on any atom is -0.381 e. The molecule has 0 radical (unpaired) electrons. The minimum atomic E-state index is -0.554. The van der Waals surface area contributed by atoms with Gasteiger partial charge in [-0.2, -0.15) is 5.26 Å². The molecule has 1 spiro atoms. The summed E-state index contributed by atoms with van der Waals surface area (Å²) in [5.74, 6) is 0.559. The molecule has 8 nitrogen and oxygen atoms in total. The molecule has 2 aromatic rings. The molecule has 0 amide bonds. The lowest BCUT2D eigenvalue weighted by molar-refractivity contribution is 0.130. The van der Waals surface area contributed by atoms with Crippen molar-refractivity contribution in [3.8, 4) is 11.8 Å². The molecular weight excluding hydrogens is 442 g/mol. The van der Waals surface area contributed by atoms with Crippen LogP contribution in [0.2, 0.25) is 5.02 Å². The molecule has 1 aliphatic carbocycles. The second-order valence-corrected chi connectivity index (χ2v) is 9.65. The zero-order valence-corrected chi connectivity index (χ0v) is 19.2. The second kappa shape index (κ2) is 8.81. The first-order chi connectivity index (χ1) is 16.0. The topological polar surface area (TPSA) is 93.2 Å². The van der Waals surface area contributed by atoms with Crippen molar-refractivity contribution < 1.29 is 4.74 Å². The molecule has 3 aliphatic rings. The fourth-order valence-electron chi connectivity index (χ4n) is 5.27. The van der Waals surface area contributed by atoms with Gasteiger partial charge in [-0.05, 0) is 43.7 Å². The van der Waals surface area contributed by atoms with Crippen molar-refractivity contribution >= 4 is 23.0 Å². The number of nitriles is 1. The first kappa shape index (κ1) is 21.9. The molecule has 2 aliphatic heterocycles. The summed E-state index contributed by atoms with van der Waals surface area (Å²) in [6.45, 7) is 2.69. The van der Waals surface area contributed by atoms with Crippen LogP contribution < -0.4 is 16.1 Å². The highest BCUT2D eigenvalue weighted by molar-refractivity contribution is 6.30. The van der Waals surface area contributed by atoms with E-state index in [1.165, 1.54) is 17.0 Å². The molecule has 2 saturated heterocycles. The van der Waals surface area contributed by atoms with Gasteiger partial charge in [0.05, 0.1) is 35.1 Å². The van der Waals surface area contributed by atoms with Gasteiger partial charge in [-0.1, -0.05) is 24.1 Å². The molecule has 2 aromatic heterocycles. The first-order valence-corrected chi connectivity index (χ1v) is 11.8. The molecule has 0 saturated carbocycles. The first-order valence-electron chi connectivity index (χ1n) is 11.4. The van der Waals surface area contributed by atoms with Gasteiger partial charge in [-0.25, -0.2) is 9.36 Å². The van der Waals surface area contributed by atoms with Crippen molar-refractivity contribution in [1.29, 1.82) is 5.26 Å². The number of hydrogen-bond acceptors (Lipinski definition) is 6. The lowest BCUT2D eigenvalue weighted by Gasteiger charge is -2.49. The number of pyridine rings is 1. The van der Waals surface area contributed by atoms with E-state index in [1.807, 2.05) is 0 Å². The maximum Gasteiger partial charge on any atom is 0.338 e. The van der Waals surface area contributed by atoms with Crippen LogP contribution >= 0.6 is 11.6 Å². The molecular formula is C24H26ClN5O3. The molecule has 0 bridgehead atoms. The van der Waals surface area contributed by atoms with Gasteiger partial charge in [-0.3, -0.25) is 14.3 Å². The van der Waals surface area contributed by atoms with Crippen LogP contribution in [-0.2, 0) is 11.3 Å². The molecule has 9 heteroatoms. The van der Waals surface area contributed by atoms with Crippen molar-refractivity contribution in [3.63, 3.8) is 0 Å². The van der Waals surface area contributed by atoms with Crippen LogP contribution in [0.1, 0.15) is 44.1 Å². The van der Waals surface area contributed by atoms with Gasteiger partial charge < -0.3 is 9.64 Å². The summed E-state index contributed by atoms with van der Waals surface area (Å²) >= 11 is 6.12. The zero-order valence-electron chi connectivity index (χ0n) is 18.4. The van der Waals surface area contributed by atoms with Crippen LogP contribution in [-0.4, -0.2) is 40.4 Å². The Kier molecular flexibility index (Phi) is 5.85. The Morgan fingerprint density at radius 1 is 1.21 bits per heavy atom. The third kappa shape index (κ3) is 3.90. The van der Waals surface area contributed by atoms with E-state index >= 15 is 0 Å². The number of rotatable bonds is 4. The summed E-state index contributed by atoms with van der Waals surface area (Å²) in [7, 11) is 0. The predicted molar refractivity (Wildman–Crippen MR) is 126 cm³/mol. The summed E-state index contributed by atoms with van der Waals surface area (Å²) < 4.78 is 8.16. The van der Waals surface area contributed by atoms with Crippen LogP contribution in [0.5, 0.6) is 0 Å². The number of allylic oxidation sites excluding steroid dienone is 2. The summed E-state index contributed by atoms with van der Waals surface area (Å²) in [5.41, 5.74) is 0.892. The van der Waals surface area contributed by atoms with E-state index in [4.69, 9.17) is 16.3 Å². The Balaban J connectivity index is 1.75. The molecule has 0 unspecified atom stereocenters. The van der Waals surface area contributed by atoms with E-state index in [-0.39, 0.29) is 17.5 Å². The van der Waals surface area contributed by atoms with E-state index in [9.17, 15) is 14.9 Å². The van der Waals surface area contributed by atoms with Crippen molar-refractivity contribution in [3.05, 3.63) is 56.0 Å². The van der Waals surface area contributed by atoms with Gasteiger partial charge in [0.1, 0.15) is 12.4 Å². The Morgan fingerprint density at radius 2 is 2.06 bits per heavy atom. The monoisotopic (exact) mass is 467 g/mol. The third-order valence-corrected chi connectivity index (χ3v) is 7.10. The van der Waals surface area contributed by atoms with Gasteiger partial charge in [0.2, 0.25) is 0 Å². The van der Waals surface area contributed by atoms with Crippen LogP contribution in [0, 0.1) is 16.7 Å². The Labute approximate surface area is 196 Å². The van der Waals surface area contributed by atoms with Gasteiger partial charge in [-0.15, -0.1) is 0 Å². The van der Waals surface area contributed by atoms with E-state index in [1.54, 1.807) is 6.07 Å². The largest absolute Gasteiger partial charge is 0.381 e. The van der Waals surface area contributed by atoms with Gasteiger partial charge in [0.25, 0.3) is 5.56 Å². The normalized spacial score (nSPS) is 19.6. The van der Waals surface area contributed by atoms with Crippen LogP contribution in [0.25, 0.3) is 11.3 Å². The lowest BCUT2D eigenvalue weighted by Crippen LogP contribution is -2.59. The number of anilines is 1. The molecule has 0 atom stereocenters. The molecule has 4 heterocycles. The molecule has 33 heavy (non-hydrogen) atoms. The maximum atomic E-state index is 14.0. The van der Waals surface area contributed by atoms with Gasteiger partial charge in [0.15, 0.2) is 0 Å². The number of hydrogen-bond donors (Lipinski definition) is 0. The average Bonchev–Trinajstić information content (AvgIpc) is 3.12. The van der Waals surface area contributed by atoms with Crippen molar-refractivity contribution in [2.24, 2.45) is 5.41 Å². The number of nitrogens with zero attached hydrogens (tertiary/aromatic N) is 5. The molecule has 5 rings (SSSR count). The molecule has 0 aromatic carbocycles. The highest BCUT2D eigenvalue weighted by Gasteiger charge is 2.47. The van der Waals surface area contributed by atoms with Gasteiger partial charge >= 0.3 is 5.69 Å². The standard InChI is InChI=1S/C24H26ClN5O3/c25-18-11-19(13-27-12-18)30-22(31)20(17-5-3-1-2-4-6-17)21(29(9-8-26)23(30)32)28-14-24(15-28)7-10-33-16-24/h5,11-13H,1-4,6-7,9-10,14-16H2. The number of halogens is 1. The lowest BCUT2D eigenvalue weighted by atomic mass is 9.79. The predicted octanol–water partition coefficient (Wildman–Crippen LogP) is 3.15. The van der Waals surface area contributed by atoms with Crippen LogP contribution in [0.15, 0.2) is 34.1 Å². The maximum absolute atomic E-state index is 14.0. The summed E-state index contributed by atoms with van der Waals surface area (Å²) in [6, 6.07) is 3.67. The van der Waals surface area contributed by atoms with E-state index in [0.717, 1.165) is 55.3 Å². The smallest absolute Gasteiger partial charge is 0.338 e. The van der Waals surface area contributed by atoms with E-state index < -0.39 is 5.69 Å². The zero-order chi connectivity index (χ0) is 23.0. The highest BCUT2D eigenvalue weighted by atomic mass is 35.5. The second-order valence-electron chi connectivity index (χ2n) is 9.21. The Hall–Kier alpha value is -2.89. The number of aromatic nitrogens is 3. The van der Waals surface area contributed by atoms with Crippen molar-refractivity contribution in [2.75, 3.05) is 31.2 Å². The van der Waals surface area contributed by atoms with Crippen LogP contribution in [0.3, 0.4) is 0 Å². The Morgan fingerprint density at radius 3 is 2.79 bits per heavy atom. The SMILES string of the molecule is N#CCn1c(N2CC3(CCOC3)C2)c(C2=CCCCCC2)c(=O)n(-c2cncc(Cl)c2)c1=O. The number of ether oxygens (including phenoxy) is 1. The quantitative estimate of drug-likeness (QED) is 0.685. The van der Waals surface area contributed by atoms with Crippen molar-refractivity contribution in [1.82, 2.24) is 14.1 Å². The molecule has 0 N–H and O–H groups in total. The third-order valence-electron chi connectivity index (χ3n) is 6.90. The summed E-state index contributed by atoms with van der Waals surface area (Å²) in [4.78, 5) is 33.7. The molecule has 172 valence electrons. The molecule has 2 fully saturated rings. The highest BCUT2D eigenvalue weighted by Crippen LogP contribution is 2.42. The van der Waals surface area contributed by atoms with Crippen molar-refractivity contribution in [2.45, 2.75) is 45.1 Å². The Bertz CT molecular complexity index is 1260. The van der Waals surface area contributed by atoms with E-state index in [0.29, 0.717) is 41.8 Å². The fraction of sp³-hybridized carbons (Fsp3) is 0.500. The fourth-order valence-corrected chi connectivity index (χ4v) is 5.44. The van der Waals surface area contributed by atoms with Gasteiger partial charge in [0, 0.05) is 31.3 Å². The minimum absolute atomic E-state index is 0.0639. The summed E-state index contributed by atoms with van der Waals surface area (Å²) in [6.07, 6.45) is 10.8. The van der Waals surface area contributed by atoms with E-state index in [2.05, 4.69) is 22.0 Å². The summed E-state index contributed by atoms with van der Waals surface area (Å²) in [5, 5.41) is 9.91.